The van der Waals surface area contributed by atoms with Crippen LogP contribution in [-0.2, 0) is 15.1 Å². The van der Waals surface area contributed by atoms with Gasteiger partial charge in [0.1, 0.15) is 0 Å². The first-order valence-corrected chi connectivity index (χ1v) is 8.16. The van der Waals surface area contributed by atoms with E-state index in [4.69, 9.17) is 0 Å². The number of ketones is 1. The van der Waals surface area contributed by atoms with Crippen molar-refractivity contribution in [3.63, 3.8) is 0 Å². The largest absolute Gasteiger partial charge is 0.479 e. The van der Waals surface area contributed by atoms with Gasteiger partial charge in [0.2, 0.25) is 5.91 Å². The summed E-state index contributed by atoms with van der Waals surface area (Å²) in [6, 6.07) is 15.6. The van der Waals surface area contributed by atoms with Crippen LogP contribution in [-0.4, -0.2) is 22.8 Å². The number of amides is 1. The maximum atomic E-state index is 12.9. The van der Waals surface area contributed by atoms with Crippen LogP contribution >= 0.6 is 0 Å². The van der Waals surface area contributed by atoms with Crippen molar-refractivity contribution in [1.82, 2.24) is 5.32 Å². The van der Waals surface area contributed by atoms with Gasteiger partial charge in [-0.1, -0.05) is 54.6 Å². The molecule has 0 fully saturated rings. The second-order valence-corrected chi connectivity index (χ2v) is 6.39. The summed E-state index contributed by atoms with van der Waals surface area (Å²) < 4.78 is 0. The predicted molar refractivity (Wildman–Crippen MR) is 92.3 cm³/mol. The summed E-state index contributed by atoms with van der Waals surface area (Å²) in [5.41, 5.74) is 0.174. The molecule has 2 unspecified atom stereocenters. The van der Waals surface area contributed by atoms with Crippen LogP contribution in [0.25, 0.3) is 0 Å². The number of rotatable bonds is 4. The Morgan fingerprint density at radius 1 is 1.08 bits per heavy atom. The Kier molecular flexibility index (Phi) is 4.40. The third-order valence-electron chi connectivity index (χ3n) is 4.77. The fourth-order valence-corrected chi connectivity index (χ4v) is 3.25. The summed E-state index contributed by atoms with van der Waals surface area (Å²) in [4.78, 5) is 36.8. The molecule has 0 bridgehead atoms. The number of nitrogens with one attached hydrogen (secondary N) is 1. The number of benzene rings is 2. The lowest BCUT2D eigenvalue weighted by Crippen LogP contribution is -2.51. The van der Waals surface area contributed by atoms with Crippen molar-refractivity contribution in [1.29, 1.82) is 0 Å². The zero-order valence-corrected chi connectivity index (χ0v) is 13.9. The molecule has 5 heteroatoms. The van der Waals surface area contributed by atoms with Gasteiger partial charge < -0.3 is 10.4 Å². The molecule has 2 atom stereocenters. The highest BCUT2D eigenvalue weighted by atomic mass is 16.4. The molecule has 0 aromatic heterocycles. The average molecular weight is 337 g/mol. The molecule has 128 valence electrons. The van der Waals surface area contributed by atoms with Crippen LogP contribution in [0.1, 0.15) is 47.2 Å². The number of carboxylic acid groups (broad SMARTS) is 1. The molecule has 3 rings (SSSR count). The Morgan fingerprint density at radius 3 is 2.40 bits per heavy atom. The fraction of sp³-hybridized carbons (Fsp3) is 0.250. The second-order valence-electron chi connectivity index (χ2n) is 6.39. The summed E-state index contributed by atoms with van der Waals surface area (Å²) in [7, 11) is 0. The van der Waals surface area contributed by atoms with E-state index in [2.05, 4.69) is 5.32 Å². The molecule has 0 saturated carbocycles. The molecule has 25 heavy (non-hydrogen) atoms. The SMILES string of the molecule is CC(NC(=O)C1CCC(=O)c2ccccc21)(C(=O)O)c1ccccc1. The second kappa shape index (κ2) is 6.51. The standard InChI is InChI=1S/C20H19NO4/c1-20(19(24)25,13-7-3-2-4-8-13)21-18(23)16-11-12-17(22)15-10-6-5-9-14(15)16/h2-10,16H,11-12H2,1H3,(H,21,23)(H,24,25). The van der Waals surface area contributed by atoms with E-state index in [9.17, 15) is 19.5 Å². The van der Waals surface area contributed by atoms with Gasteiger partial charge in [-0.05, 0) is 24.5 Å². The van der Waals surface area contributed by atoms with Crippen LogP contribution in [0.3, 0.4) is 0 Å². The molecular formula is C20H19NO4. The molecule has 0 spiro atoms. The molecule has 1 aliphatic carbocycles. The molecule has 0 heterocycles. The van der Waals surface area contributed by atoms with Crippen molar-refractivity contribution in [3.8, 4) is 0 Å². The Hall–Kier alpha value is -2.95. The van der Waals surface area contributed by atoms with Crippen molar-refractivity contribution < 1.29 is 19.5 Å². The van der Waals surface area contributed by atoms with Gasteiger partial charge in [-0.2, -0.15) is 0 Å². The van der Waals surface area contributed by atoms with Crippen molar-refractivity contribution in [2.45, 2.75) is 31.2 Å². The van der Waals surface area contributed by atoms with Gasteiger partial charge in [0.25, 0.3) is 0 Å². The van der Waals surface area contributed by atoms with Crippen molar-refractivity contribution in [2.75, 3.05) is 0 Å². The van der Waals surface area contributed by atoms with E-state index in [0.29, 0.717) is 23.1 Å². The zero-order chi connectivity index (χ0) is 18.0. The summed E-state index contributed by atoms with van der Waals surface area (Å²) >= 11 is 0. The molecule has 1 aliphatic rings. The molecular weight excluding hydrogens is 318 g/mol. The number of hydrogen-bond acceptors (Lipinski definition) is 3. The first-order valence-electron chi connectivity index (χ1n) is 8.16. The quantitative estimate of drug-likeness (QED) is 0.898. The number of carboxylic acids is 1. The van der Waals surface area contributed by atoms with Gasteiger partial charge in [-0.25, -0.2) is 4.79 Å². The number of fused-ring (bicyclic) bond motifs is 1. The number of Topliss-reactive ketones (excluding diaryl/α,β-unsaturated/α-hetero) is 1. The van der Waals surface area contributed by atoms with Gasteiger partial charge in [-0.15, -0.1) is 0 Å². The van der Waals surface area contributed by atoms with Crippen molar-refractivity contribution in [2.24, 2.45) is 0 Å². The van der Waals surface area contributed by atoms with Crippen LogP contribution in [0.15, 0.2) is 54.6 Å². The first kappa shape index (κ1) is 16.9. The number of carbonyl (C=O) groups is 3. The zero-order valence-electron chi connectivity index (χ0n) is 13.9. The van der Waals surface area contributed by atoms with Crippen molar-refractivity contribution in [3.05, 3.63) is 71.3 Å². The lowest BCUT2D eigenvalue weighted by atomic mass is 9.80. The monoisotopic (exact) mass is 337 g/mol. The van der Waals surface area contributed by atoms with E-state index >= 15 is 0 Å². The van der Waals surface area contributed by atoms with Gasteiger partial charge >= 0.3 is 5.97 Å². The number of hydrogen-bond donors (Lipinski definition) is 2. The maximum Gasteiger partial charge on any atom is 0.333 e. The minimum atomic E-state index is -1.53. The predicted octanol–water partition coefficient (Wildman–Crippen LogP) is 2.86. The third-order valence-corrected chi connectivity index (χ3v) is 4.77. The van der Waals surface area contributed by atoms with Crippen LogP contribution in [0.2, 0.25) is 0 Å². The van der Waals surface area contributed by atoms with Crippen LogP contribution in [0.4, 0.5) is 0 Å². The number of aliphatic carboxylic acids is 1. The average Bonchev–Trinajstić information content (AvgIpc) is 2.62. The highest BCUT2D eigenvalue weighted by molar-refractivity contribution is 6.02. The van der Waals surface area contributed by atoms with Crippen LogP contribution in [0.5, 0.6) is 0 Å². The summed E-state index contributed by atoms with van der Waals surface area (Å²) in [5.74, 6) is -2.03. The van der Waals surface area contributed by atoms with Gasteiger partial charge in [-0.3, -0.25) is 9.59 Å². The Labute approximate surface area is 145 Å². The van der Waals surface area contributed by atoms with Crippen LogP contribution < -0.4 is 5.32 Å². The maximum absolute atomic E-state index is 12.9. The molecule has 0 aliphatic heterocycles. The first-order chi connectivity index (χ1) is 11.9. The van der Waals surface area contributed by atoms with E-state index < -0.39 is 17.4 Å². The molecule has 0 radical (unpaired) electrons. The highest BCUT2D eigenvalue weighted by Gasteiger charge is 2.40. The number of carbonyl (C=O) groups excluding carboxylic acids is 2. The summed E-state index contributed by atoms with van der Waals surface area (Å²) in [5, 5.41) is 12.4. The summed E-state index contributed by atoms with van der Waals surface area (Å²) in [6.45, 7) is 1.47. The lowest BCUT2D eigenvalue weighted by Gasteiger charge is -2.31. The van der Waals surface area contributed by atoms with Gasteiger partial charge in [0.05, 0.1) is 5.92 Å². The van der Waals surface area contributed by atoms with Crippen molar-refractivity contribution >= 4 is 17.7 Å². The smallest absolute Gasteiger partial charge is 0.333 e. The molecule has 5 nitrogen and oxygen atoms in total. The molecule has 1 amide bonds. The Morgan fingerprint density at radius 2 is 1.72 bits per heavy atom. The fourth-order valence-electron chi connectivity index (χ4n) is 3.25. The van der Waals surface area contributed by atoms with E-state index in [1.807, 2.05) is 0 Å². The van der Waals surface area contributed by atoms with Gasteiger partial charge in [0.15, 0.2) is 11.3 Å². The molecule has 0 saturated heterocycles. The van der Waals surface area contributed by atoms with Gasteiger partial charge in [0, 0.05) is 12.0 Å². The third kappa shape index (κ3) is 3.05. The van der Waals surface area contributed by atoms with E-state index in [1.165, 1.54) is 6.92 Å². The minimum Gasteiger partial charge on any atom is -0.479 e. The molecule has 2 aromatic rings. The van der Waals surface area contributed by atoms with E-state index in [0.717, 1.165) is 0 Å². The molecule has 2 N–H and O–H groups in total. The van der Waals surface area contributed by atoms with E-state index in [1.54, 1.807) is 54.6 Å². The summed E-state index contributed by atoms with van der Waals surface area (Å²) in [6.07, 6.45) is 0.663. The molecule has 2 aromatic carbocycles. The Balaban J connectivity index is 1.92. The minimum absolute atomic E-state index is 0.0173. The normalized spacial score (nSPS) is 18.8. The topological polar surface area (TPSA) is 83.5 Å². The lowest BCUT2D eigenvalue weighted by molar-refractivity contribution is -0.147. The Bertz CT molecular complexity index is 831. The highest BCUT2D eigenvalue weighted by Crippen LogP contribution is 2.33. The van der Waals surface area contributed by atoms with E-state index in [-0.39, 0.29) is 18.1 Å². The van der Waals surface area contributed by atoms with Crippen LogP contribution in [0, 0.1) is 0 Å².